The van der Waals surface area contributed by atoms with Gasteiger partial charge in [0, 0.05) is 10.5 Å². The zero-order chi connectivity index (χ0) is 13.0. The molecule has 0 bridgehead atoms. The Morgan fingerprint density at radius 1 is 1.00 bits per heavy atom. The zero-order valence-electron chi connectivity index (χ0n) is 9.67. The summed E-state index contributed by atoms with van der Waals surface area (Å²) in [5.41, 5.74) is 2.74. The van der Waals surface area contributed by atoms with Crippen LogP contribution in [0.4, 0.5) is 0 Å². The number of nitrogens with one attached hydrogen (secondary N) is 1. The number of hydrogen-bond donors (Lipinski definition) is 1. The van der Waals surface area contributed by atoms with Crippen LogP contribution in [0.5, 0.6) is 0 Å². The van der Waals surface area contributed by atoms with E-state index >= 15 is 0 Å². The molecule has 90 valence electrons. The summed E-state index contributed by atoms with van der Waals surface area (Å²) in [7, 11) is 0. The Bertz CT molecular complexity index is 562. The van der Waals surface area contributed by atoms with E-state index in [0.29, 0.717) is 5.56 Å². The molecule has 0 radical (unpaired) electrons. The van der Waals surface area contributed by atoms with E-state index in [0.717, 1.165) is 11.1 Å². The molecule has 0 aromatic heterocycles. The number of benzene rings is 2. The van der Waals surface area contributed by atoms with Gasteiger partial charge < -0.3 is 0 Å². The molecule has 4 heteroatoms. The minimum absolute atomic E-state index is 0.0274. The van der Waals surface area contributed by atoms with Crippen molar-refractivity contribution in [3.8, 4) is 11.1 Å². The number of nitro groups is 1. The molecule has 18 heavy (non-hydrogen) atoms. The van der Waals surface area contributed by atoms with Crippen LogP contribution < -0.4 is 0 Å². The fraction of sp³-hybridized carbons (Fsp3) is 0.0714. The summed E-state index contributed by atoms with van der Waals surface area (Å²) >= 11 is 0. The monoisotopic (exact) mass is 240 g/mol. The molecule has 2 rings (SSSR count). The lowest BCUT2D eigenvalue weighted by Crippen LogP contribution is -2.13. The van der Waals surface area contributed by atoms with Crippen LogP contribution in [0.3, 0.4) is 0 Å². The average molecular weight is 240 g/mol. The van der Waals surface area contributed by atoms with E-state index in [1.807, 2.05) is 42.5 Å². The highest BCUT2D eigenvalue weighted by atomic mass is 16.6. The highest BCUT2D eigenvalue weighted by Gasteiger charge is 2.08. The molecule has 2 aromatic rings. The molecule has 0 fully saturated rings. The molecule has 0 unspecified atom stereocenters. The SMILES string of the molecule is N=C(C[N+](=O)[O-])c1ccc(-c2ccccc2)cc1. The molecule has 0 aliphatic carbocycles. The van der Waals surface area contributed by atoms with Crippen molar-refractivity contribution >= 4 is 5.71 Å². The van der Waals surface area contributed by atoms with Crippen molar-refractivity contribution in [2.75, 3.05) is 6.54 Å². The minimum Gasteiger partial charge on any atom is -0.298 e. The summed E-state index contributed by atoms with van der Waals surface area (Å²) in [6.07, 6.45) is 0. The predicted octanol–water partition coefficient (Wildman–Crippen LogP) is 3.00. The summed E-state index contributed by atoms with van der Waals surface area (Å²) < 4.78 is 0. The third kappa shape index (κ3) is 2.79. The molecule has 4 nitrogen and oxygen atoms in total. The van der Waals surface area contributed by atoms with Gasteiger partial charge in [-0.2, -0.15) is 0 Å². The Hall–Kier alpha value is -2.49. The van der Waals surface area contributed by atoms with E-state index in [-0.39, 0.29) is 5.71 Å². The molecule has 0 heterocycles. The fourth-order valence-corrected chi connectivity index (χ4v) is 1.71. The van der Waals surface area contributed by atoms with Crippen LogP contribution in [0.1, 0.15) is 5.56 Å². The lowest BCUT2D eigenvalue weighted by molar-refractivity contribution is -0.463. The quantitative estimate of drug-likeness (QED) is 0.507. The fourth-order valence-electron chi connectivity index (χ4n) is 1.71. The van der Waals surface area contributed by atoms with Gasteiger partial charge >= 0.3 is 0 Å². The van der Waals surface area contributed by atoms with Gasteiger partial charge in [0.15, 0.2) is 0 Å². The van der Waals surface area contributed by atoms with Crippen LogP contribution in [0, 0.1) is 15.5 Å². The lowest BCUT2D eigenvalue weighted by atomic mass is 10.0. The maximum Gasteiger partial charge on any atom is 0.245 e. The minimum atomic E-state index is -0.493. The summed E-state index contributed by atoms with van der Waals surface area (Å²) in [4.78, 5) is 9.84. The van der Waals surface area contributed by atoms with Gasteiger partial charge in [0.2, 0.25) is 6.54 Å². The van der Waals surface area contributed by atoms with Gasteiger partial charge in [-0.25, -0.2) is 0 Å². The van der Waals surface area contributed by atoms with Gasteiger partial charge in [0.1, 0.15) is 5.71 Å². The predicted molar refractivity (Wildman–Crippen MR) is 70.6 cm³/mol. The Labute approximate surface area is 105 Å². The number of nitrogens with zero attached hydrogens (tertiary/aromatic N) is 1. The Morgan fingerprint density at radius 3 is 2.11 bits per heavy atom. The summed E-state index contributed by atoms with van der Waals surface area (Å²) in [5.74, 6) is 0. The standard InChI is InChI=1S/C14H12N2O2/c15-14(10-16(17)18)13-8-6-12(7-9-13)11-4-2-1-3-5-11/h1-9,15H,10H2. The second kappa shape index (κ2) is 5.23. The molecule has 0 saturated carbocycles. The van der Waals surface area contributed by atoms with Crippen LogP contribution in [-0.4, -0.2) is 17.2 Å². The van der Waals surface area contributed by atoms with Gasteiger partial charge in [0.25, 0.3) is 0 Å². The van der Waals surface area contributed by atoms with Crippen LogP contribution >= 0.6 is 0 Å². The molecule has 0 aliphatic rings. The van der Waals surface area contributed by atoms with Crippen molar-refractivity contribution in [3.63, 3.8) is 0 Å². The second-order valence-electron chi connectivity index (χ2n) is 3.91. The molecular weight excluding hydrogens is 228 g/mol. The maximum absolute atomic E-state index is 10.3. The van der Waals surface area contributed by atoms with E-state index in [1.165, 1.54) is 0 Å². The van der Waals surface area contributed by atoms with Crippen molar-refractivity contribution < 1.29 is 4.92 Å². The van der Waals surface area contributed by atoms with E-state index in [2.05, 4.69) is 0 Å². The van der Waals surface area contributed by atoms with E-state index in [9.17, 15) is 10.1 Å². The second-order valence-corrected chi connectivity index (χ2v) is 3.91. The molecule has 0 atom stereocenters. The van der Waals surface area contributed by atoms with Crippen LogP contribution in [-0.2, 0) is 0 Å². The highest BCUT2D eigenvalue weighted by Crippen LogP contribution is 2.19. The topological polar surface area (TPSA) is 67.0 Å². The van der Waals surface area contributed by atoms with Crippen molar-refractivity contribution in [1.82, 2.24) is 0 Å². The highest BCUT2D eigenvalue weighted by molar-refractivity contribution is 5.99. The molecular formula is C14H12N2O2. The first-order valence-corrected chi connectivity index (χ1v) is 5.52. The normalized spacial score (nSPS) is 10.0. The molecule has 0 aliphatic heterocycles. The first-order chi connectivity index (χ1) is 8.66. The Balaban J connectivity index is 2.20. The van der Waals surface area contributed by atoms with Crippen molar-refractivity contribution in [3.05, 3.63) is 70.3 Å². The molecule has 1 N–H and O–H groups in total. The van der Waals surface area contributed by atoms with Crippen molar-refractivity contribution in [2.45, 2.75) is 0 Å². The van der Waals surface area contributed by atoms with Gasteiger partial charge in [-0.1, -0.05) is 54.6 Å². The van der Waals surface area contributed by atoms with Crippen LogP contribution in [0.25, 0.3) is 11.1 Å². The van der Waals surface area contributed by atoms with E-state index in [4.69, 9.17) is 5.41 Å². The number of hydrogen-bond acceptors (Lipinski definition) is 3. The largest absolute Gasteiger partial charge is 0.298 e. The molecule has 0 spiro atoms. The van der Waals surface area contributed by atoms with Crippen molar-refractivity contribution in [2.24, 2.45) is 0 Å². The molecule has 2 aromatic carbocycles. The van der Waals surface area contributed by atoms with E-state index < -0.39 is 11.5 Å². The summed E-state index contributed by atoms with van der Waals surface area (Å²) in [6, 6.07) is 17.1. The smallest absolute Gasteiger partial charge is 0.245 e. The van der Waals surface area contributed by atoms with Gasteiger partial charge in [-0.15, -0.1) is 0 Å². The lowest BCUT2D eigenvalue weighted by Gasteiger charge is -2.03. The maximum atomic E-state index is 10.3. The number of rotatable bonds is 4. The van der Waals surface area contributed by atoms with Crippen molar-refractivity contribution in [1.29, 1.82) is 5.41 Å². The first-order valence-electron chi connectivity index (χ1n) is 5.52. The average Bonchev–Trinajstić information content (AvgIpc) is 2.39. The Kier molecular flexibility index (Phi) is 3.48. The van der Waals surface area contributed by atoms with E-state index in [1.54, 1.807) is 12.1 Å². The Morgan fingerprint density at radius 2 is 1.56 bits per heavy atom. The van der Waals surface area contributed by atoms with Gasteiger partial charge in [0.05, 0.1) is 0 Å². The first kappa shape index (κ1) is 12.0. The zero-order valence-corrected chi connectivity index (χ0v) is 9.67. The summed E-state index contributed by atoms with van der Waals surface area (Å²) in [6.45, 7) is -0.440. The van der Waals surface area contributed by atoms with Crippen LogP contribution in [0.15, 0.2) is 54.6 Å². The third-order valence-electron chi connectivity index (χ3n) is 2.63. The van der Waals surface area contributed by atoms with Gasteiger partial charge in [-0.3, -0.25) is 15.5 Å². The molecule has 0 amide bonds. The summed E-state index contributed by atoms with van der Waals surface area (Å²) in [5, 5.41) is 17.9. The third-order valence-corrected chi connectivity index (χ3v) is 2.63. The van der Waals surface area contributed by atoms with Gasteiger partial charge in [-0.05, 0) is 11.1 Å². The molecule has 0 saturated heterocycles. The van der Waals surface area contributed by atoms with Crippen LogP contribution in [0.2, 0.25) is 0 Å².